The van der Waals surface area contributed by atoms with E-state index in [0.717, 1.165) is 11.4 Å². The second-order valence-electron chi connectivity index (χ2n) is 5.39. The van der Waals surface area contributed by atoms with Crippen molar-refractivity contribution in [2.24, 2.45) is 0 Å². The van der Waals surface area contributed by atoms with Crippen molar-refractivity contribution < 1.29 is 0 Å². The van der Waals surface area contributed by atoms with Crippen LogP contribution in [0, 0.1) is 13.8 Å². The SMILES string of the molecule is Cc1ccc(C)c(-c2ccc(Nc3ccccc3)cc2)c1. The fraction of sp³-hybridized carbons (Fsp3) is 0.100. The lowest BCUT2D eigenvalue weighted by atomic mass is 9.98. The monoisotopic (exact) mass is 273 g/mol. The predicted molar refractivity (Wildman–Crippen MR) is 91.1 cm³/mol. The van der Waals surface area contributed by atoms with Crippen LogP contribution in [0.2, 0.25) is 0 Å². The molecule has 0 saturated carbocycles. The Hall–Kier alpha value is -2.54. The quantitative estimate of drug-likeness (QED) is 0.644. The first-order chi connectivity index (χ1) is 10.2. The minimum Gasteiger partial charge on any atom is -0.356 e. The highest BCUT2D eigenvalue weighted by molar-refractivity contribution is 5.71. The van der Waals surface area contributed by atoms with E-state index in [1.54, 1.807) is 0 Å². The van der Waals surface area contributed by atoms with Gasteiger partial charge in [-0.1, -0.05) is 54.1 Å². The van der Waals surface area contributed by atoms with Crippen LogP contribution < -0.4 is 5.32 Å². The average molecular weight is 273 g/mol. The Balaban J connectivity index is 1.85. The number of aryl methyl sites for hydroxylation is 2. The van der Waals surface area contributed by atoms with Crippen molar-refractivity contribution in [1.82, 2.24) is 0 Å². The summed E-state index contributed by atoms with van der Waals surface area (Å²) in [5.41, 5.74) is 7.38. The van der Waals surface area contributed by atoms with E-state index < -0.39 is 0 Å². The molecule has 1 nitrogen and oxygen atoms in total. The summed E-state index contributed by atoms with van der Waals surface area (Å²) in [6.45, 7) is 4.29. The van der Waals surface area contributed by atoms with Crippen LogP contribution in [0.4, 0.5) is 11.4 Å². The predicted octanol–water partition coefficient (Wildman–Crippen LogP) is 5.71. The molecule has 0 aromatic heterocycles. The summed E-state index contributed by atoms with van der Waals surface area (Å²) in [5, 5.41) is 3.41. The molecular formula is C20H19N. The number of anilines is 2. The molecule has 1 heteroatoms. The molecule has 21 heavy (non-hydrogen) atoms. The minimum atomic E-state index is 1.11. The largest absolute Gasteiger partial charge is 0.356 e. The van der Waals surface area contributed by atoms with Crippen molar-refractivity contribution in [2.45, 2.75) is 13.8 Å². The molecule has 0 aliphatic rings. The molecule has 0 bridgehead atoms. The van der Waals surface area contributed by atoms with Crippen LogP contribution in [0.3, 0.4) is 0 Å². The van der Waals surface area contributed by atoms with Gasteiger partial charge in [0.1, 0.15) is 0 Å². The van der Waals surface area contributed by atoms with E-state index in [0.29, 0.717) is 0 Å². The van der Waals surface area contributed by atoms with E-state index in [1.165, 1.54) is 22.3 Å². The van der Waals surface area contributed by atoms with Gasteiger partial charge in [0.25, 0.3) is 0 Å². The molecule has 3 aromatic rings. The molecule has 0 heterocycles. The number of para-hydroxylation sites is 1. The number of benzene rings is 3. The van der Waals surface area contributed by atoms with E-state index in [1.807, 2.05) is 18.2 Å². The van der Waals surface area contributed by atoms with Crippen molar-refractivity contribution in [1.29, 1.82) is 0 Å². The van der Waals surface area contributed by atoms with Crippen molar-refractivity contribution in [3.8, 4) is 11.1 Å². The molecule has 0 radical (unpaired) electrons. The third-order valence-electron chi connectivity index (χ3n) is 3.65. The van der Waals surface area contributed by atoms with Gasteiger partial charge in [0, 0.05) is 11.4 Å². The van der Waals surface area contributed by atoms with Crippen LogP contribution in [-0.4, -0.2) is 0 Å². The molecular weight excluding hydrogens is 254 g/mol. The zero-order chi connectivity index (χ0) is 14.7. The van der Waals surface area contributed by atoms with Crippen LogP contribution in [-0.2, 0) is 0 Å². The van der Waals surface area contributed by atoms with Crippen LogP contribution in [0.15, 0.2) is 72.8 Å². The standard InChI is InChI=1S/C20H19N/c1-15-8-9-16(2)20(14-15)17-10-12-19(13-11-17)21-18-6-4-3-5-7-18/h3-14,21H,1-2H3. The fourth-order valence-electron chi connectivity index (χ4n) is 2.47. The summed E-state index contributed by atoms with van der Waals surface area (Å²) in [6.07, 6.45) is 0. The number of hydrogen-bond donors (Lipinski definition) is 1. The molecule has 0 aliphatic heterocycles. The molecule has 0 unspecified atom stereocenters. The molecule has 0 amide bonds. The van der Waals surface area contributed by atoms with Crippen molar-refractivity contribution in [2.75, 3.05) is 5.32 Å². The maximum atomic E-state index is 3.41. The summed E-state index contributed by atoms with van der Waals surface area (Å²) in [4.78, 5) is 0. The molecule has 1 N–H and O–H groups in total. The molecule has 104 valence electrons. The van der Waals surface area contributed by atoms with Crippen LogP contribution in [0.5, 0.6) is 0 Å². The third kappa shape index (κ3) is 3.14. The van der Waals surface area contributed by atoms with Gasteiger partial charge in [-0.05, 0) is 54.8 Å². The zero-order valence-electron chi connectivity index (χ0n) is 12.4. The van der Waals surface area contributed by atoms with Gasteiger partial charge in [0.2, 0.25) is 0 Å². The van der Waals surface area contributed by atoms with Gasteiger partial charge in [0.15, 0.2) is 0 Å². The minimum absolute atomic E-state index is 1.11. The third-order valence-corrected chi connectivity index (χ3v) is 3.65. The molecule has 3 aromatic carbocycles. The van der Waals surface area contributed by atoms with Crippen molar-refractivity contribution >= 4 is 11.4 Å². The highest BCUT2D eigenvalue weighted by atomic mass is 14.9. The zero-order valence-corrected chi connectivity index (χ0v) is 12.4. The molecule has 0 atom stereocenters. The van der Waals surface area contributed by atoms with Gasteiger partial charge in [-0.25, -0.2) is 0 Å². The molecule has 0 fully saturated rings. The summed E-state index contributed by atoms with van der Waals surface area (Å²) in [6, 6.07) is 25.4. The summed E-state index contributed by atoms with van der Waals surface area (Å²) < 4.78 is 0. The highest BCUT2D eigenvalue weighted by Gasteiger charge is 2.02. The first-order valence-electron chi connectivity index (χ1n) is 7.22. The maximum absolute atomic E-state index is 3.41. The van der Waals surface area contributed by atoms with E-state index in [9.17, 15) is 0 Å². The molecule has 0 saturated heterocycles. The van der Waals surface area contributed by atoms with E-state index in [-0.39, 0.29) is 0 Å². The highest BCUT2D eigenvalue weighted by Crippen LogP contribution is 2.26. The van der Waals surface area contributed by atoms with Crippen LogP contribution in [0.25, 0.3) is 11.1 Å². The van der Waals surface area contributed by atoms with E-state index in [2.05, 4.69) is 73.8 Å². The van der Waals surface area contributed by atoms with Gasteiger partial charge in [-0.3, -0.25) is 0 Å². The van der Waals surface area contributed by atoms with Crippen LogP contribution >= 0.6 is 0 Å². The van der Waals surface area contributed by atoms with Gasteiger partial charge in [-0.15, -0.1) is 0 Å². The summed E-state index contributed by atoms with van der Waals surface area (Å²) >= 11 is 0. The lowest BCUT2D eigenvalue weighted by Gasteiger charge is -2.10. The smallest absolute Gasteiger partial charge is 0.0384 e. The number of nitrogens with one attached hydrogen (secondary N) is 1. The van der Waals surface area contributed by atoms with Crippen molar-refractivity contribution in [3.63, 3.8) is 0 Å². The Morgan fingerprint density at radius 2 is 1.33 bits per heavy atom. The maximum Gasteiger partial charge on any atom is 0.0384 e. The first-order valence-corrected chi connectivity index (χ1v) is 7.22. The average Bonchev–Trinajstić information content (AvgIpc) is 2.52. The van der Waals surface area contributed by atoms with Crippen molar-refractivity contribution in [3.05, 3.63) is 83.9 Å². The Morgan fingerprint density at radius 3 is 2.05 bits per heavy atom. The van der Waals surface area contributed by atoms with E-state index in [4.69, 9.17) is 0 Å². The summed E-state index contributed by atoms with van der Waals surface area (Å²) in [5.74, 6) is 0. The lowest BCUT2D eigenvalue weighted by Crippen LogP contribution is -1.90. The molecule has 0 aliphatic carbocycles. The number of rotatable bonds is 3. The van der Waals surface area contributed by atoms with Gasteiger partial charge in [0.05, 0.1) is 0 Å². The first kappa shape index (κ1) is 13.4. The Morgan fingerprint density at radius 1 is 0.667 bits per heavy atom. The van der Waals surface area contributed by atoms with Gasteiger partial charge in [-0.2, -0.15) is 0 Å². The Labute approximate surface area is 126 Å². The fourth-order valence-corrected chi connectivity index (χ4v) is 2.47. The second-order valence-corrected chi connectivity index (χ2v) is 5.39. The number of hydrogen-bond acceptors (Lipinski definition) is 1. The summed E-state index contributed by atoms with van der Waals surface area (Å²) in [7, 11) is 0. The molecule has 3 rings (SSSR count). The van der Waals surface area contributed by atoms with Gasteiger partial charge >= 0.3 is 0 Å². The lowest BCUT2D eigenvalue weighted by molar-refractivity contribution is 1.39. The molecule has 0 spiro atoms. The van der Waals surface area contributed by atoms with Gasteiger partial charge < -0.3 is 5.32 Å². The second kappa shape index (κ2) is 5.84. The topological polar surface area (TPSA) is 12.0 Å². The Bertz CT molecular complexity index is 728. The Kier molecular flexibility index (Phi) is 3.74. The normalized spacial score (nSPS) is 10.4. The van der Waals surface area contributed by atoms with Crippen LogP contribution in [0.1, 0.15) is 11.1 Å². The van der Waals surface area contributed by atoms with E-state index >= 15 is 0 Å².